The fourth-order valence-electron chi connectivity index (χ4n) is 2.29. The van der Waals surface area contributed by atoms with E-state index < -0.39 is 12.6 Å². The van der Waals surface area contributed by atoms with Crippen molar-refractivity contribution in [3.8, 4) is 5.75 Å². The highest BCUT2D eigenvalue weighted by molar-refractivity contribution is 5.88. The van der Waals surface area contributed by atoms with Crippen LogP contribution in [-0.2, 0) is 0 Å². The van der Waals surface area contributed by atoms with Crippen LogP contribution in [0.3, 0.4) is 0 Å². The topological polar surface area (TPSA) is 45.7 Å². The molecule has 0 amide bonds. The molecule has 0 fully saturated rings. The van der Waals surface area contributed by atoms with Gasteiger partial charge in [0.1, 0.15) is 12.4 Å². The first-order valence-corrected chi connectivity index (χ1v) is 8.19. The number of nitrogens with one attached hydrogen (secondary N) is 2. The Bertz CT molecular complexity index is 696. The number of ether oxygens (including phenoxy) is 1. The average molecular weight is 353 g/mol. The minimum Gasteiger partial charge on any atom is -0.491 e. The van der Waals surface area contributed by atoms with Crippen molar-refractivity contribution in [3.63, 3.8) is 0 Å². The third-order valence-electron chi connectivity index (χ3n) is 3.41. The van der Waals surface area contributed by atoms with E-state index >= 15 is 0 Å². The maximum Gasteiger partial charge on any atom is 0.390 e. The Hall–Kier alpha value is -2.44. The van der Waals surface area contributed by atoms with E-state index in [-0.39, 0.29) is 6.54 Å². The second-order valence-electron chi connectivity index (χ2n) is 5.38. The third-order valence-corrected chi connectivity index (χ3v) is 3.41. The first-order chi connectivity index (χ1) is 12.0. The van der Waals surface area contributed by atoms with Crippen molar-refractivity contribution in [3.05, 3.63) is 42.5 Å². The van der Waals surface area contributed by atoms with Gasteiger partial charge >= 0.3 is 6.18 Å². The van der Waals surface area contributed by atoms with Gasteiger partial charge in [-0.25, -0.2) is 0 Å². The molecule has 0 spiro atoms. The maximum absolute atomic E-state index is 12.2. The van der Waals surface area contributed by atoms with Gasteiger partial charge in [-0.15, -0.1) is 0 Å². The summed E-state index contributed by atoms with van der Waals surface area (Å²) in [5.41, 5.74) is 0. The Balaban J connectivity index is 1.84. The molecule has 2 rings (SSSR count). The smallest absolute Gasteiger partial charge is 0.390 e. The Morgan fingerprint density at radius 1 is 1.08 bits per heavy atom. The zero-order chi connectivity index (χ0) is 18.1. The number of nitrogens with zero attached hydrogens (tertiary/aromatic N) is 1. The lowest BCUT2D eigenvalue weighted by atomic mass is 10.1. The van der Waals surface area contributed by atoms with Crippen molar-refractivity contribution in [2.24, 2.45) is 4.99 Å². The van der Waals surface area contributed by atoms with Crippen LogP contribution in [0.2, 0.25) is 0 Å². The van der Waals surface area contributed by atoms with E-state index in [9.17, 15) is 13.2 Å². The molecule has 0 saturated carbocycles. The lowest BCUT2D eigenvalue weighted by Crippen LogP contribution is -2.39. The second kappa shape index (κ2) is 9.15. The molecular weight excluding hydrogens is 331 g/mol. The molecule has 2 aromatic rings. The van der Waals surface area contributed by atoms with Crippen molar-refractivity contribution >= 4 is 16.7 Å². The molecule has 4 nitrogen and oxygen atoms in total. The van der Waals surface area contributed by atoms with Crippen LogP contribution in [0.15, 0.2) is 47.5 Å². The summed E-state index contributed by atoms with van der Waals surface area (Å²) in [7, 11) is 0. The fraction of sp³-hybridized carbons (Fsp3) is 0.389. The lowest BCUT2D eigenvalue weighted by molar-refractivity contribution is -0.132. The SMILES string of the molecule is CCNC(=NCCC(F)(F)F)NCCOc1cccc2ccccc12. The van der Waals surface area contributed by atoms with Gasteiger partial charge in [-0.2, -0.15) is 13.2 Å². The molecule has 0 unspecified atom stereocenters. The molecule has 2 N–H and O–H groups in total. The van der Waals surface area contributed by atoms with Crippen LogP contribution in [0.25, 0.3) is 10.8 Å². The predicted molar refractivity (Wildman–Crippen MR) is 94.1 cm³/mol. The molecule has 7 heteroatoms. The zero-order valence-corrected chi connectivity index (χ0v) is 14.1. The van der Waals surface area contributed by atoms with Gasteiger partial charge in [0.15, 0.2) is 5.96 Å². The average Bonchev–Trinajstić information content (AvgIpc) is 2.57. The fourth-order valence-corrected chi connectivity index (χ4v) is 2.29. The quantitative estimate of drug-likeness (QED) is 0.453. The van der Waals surface area contributed by atoms with E-state index in [0.717, 1.165) is 16.5 Å². The van der Waals surface area contributed by atoms with Gasteiger partial charge in [-0.1, -0.05) is 36.4 Å². The molecule has 0 radical (unpaired) electrons. The number of hydrogen-bond acceptors (Lipinski definition) is 2. The van der Waals surface area contributed by atoms with Crippen LogP contribution in [-0.4, -0.2) is 38.4 Å². The molecule has 0 aromatic heterocycles. The highest BCUT2D eigenvalue weighted by atomic mass is 19.4. The van der Waals surface area contributed by atoms with E-state index in [1.54, 1.807) is 0 Å². The Labute approximate surface area is 145 Å². The van der Waals surface area contributed by atoms with Gasteiger partial charge in [0, 0.05) is 11.9 Å². The maximum atomic E-state index is 12.2. The lowest BCUT2D eigenvalue weighted by Gasteiger charge is -2.13. The zero-order valence-electron chi connectivity index (χ0n) is 14.1. The summed E-state index contributed by atoms with van der Waals surface area (Å²) in [5, 5.41) is 8.00. The minimum absolute atomic E-state index is 0.303. The molecule has 0 aliphatic carbocycles. The first kappa shape index (κ1) is 18.9. The number of halogens is 3. The largest absolute Gasteiger partial charge is 0.491 e. The van der Waals surface area contributed by atoms with E-state index in [1.165, 1.54) is 0 Å². The summed E-state index contributed by atoms with van der Waals surface area (Å²) in [6, 6.07) is 13.7. The van der Waals surface area contributed by atoms with Crippen molar-refractivity contribution in [2.45, 2.75) is 19.5 Å². The summed E-state index contributed by atoms with van der Waals surface area (Å²) in [5.74, 6) is 1.13. The van der Waals surface area contributed by atoms with Gasteiger partial charge < -0.3 is 15.4 Å². The van der Waals surface area contributed by atoms with E-state index in [1.807, 2.05) is 49.4 Å². The number of guanidine groups is 1. The van der Waals surface area contributed by atoms with Crippen LogP contribution in [0.1, 0.15) is 13.3 Å². The number of aliphatic imine (C=N–C) groups is 1. The van der Waals surface area contributed by atoms with Crippen molar-refractivity contribution in [1.29, 1.82) is 0 Å². The molecule has 0 aliphatic heterocycles. The van der Waals surface area contributed by atoms with Crippen molar-refractivity contribution < 1.29 is 17.9 Å². The molecule has 136 valence electrons. The number of hydrogen-bond donors (Lipinski definition) is 2. The third kappa shape index (κ3) is 6.52. The predicted octanol–water partition coefficient (Wildman–Crippen LogP) is 3.73. The number of fused-ring (bicyclic) bond motifs is 1. The molecule has 0 saturated heterocycles. The molecular formula is C18H22F3N3O. The van der Waals surface area contributed by atoms with Gasteiger partial charge in [0.25, 0.3) is 0 Å². The van der Waals surface area contributed by atoms with Crippen LogP contribution >= 0.6 is 0 Å². The van der Waals surface area contributed by atoms with E-state index in [2.05, 4.69) is 15.6 Å². The molecule has 0 bridgehead atoms. The number of rotatable bonds is 7. The van der Waals surface area contributed by atoms with Crippen LogP contribution in [0.4, 0.5) is 13.2 Å². The van der Waals surface area contributed by atoms with Crippen molar-refractivity contribution in [2.75, 3.05) is 26.2 Å². The summed E-state index contributed by atoms with van der Waals surface area (Å²) >= 11 is 0. The molecule has 0 aliphatic rings. The molecule has 0 heterocycles. The highest BCUT2D eigenvalue weighted by Crippen LogP contribution is 2.24. The summed E-state index contributed by atoms with van der Waals surface area (Å²) in [6.45, 7) is 2.93. The number of alkyl halides is 3. The van der Waals surface area contributed by atoms with E-state index in [0.29, 0.717) is 25.7 Å². The molecule has 2 aromatic carbocycles. The monoisotopic (exact) mass is 353 g/mol. The Morgan fingerprint density at radius 2 is 1.84 bits per heavy atom. The van der Waals surface area contributed by atoms with Gasteiger partial charge in [-0.3, -0.25) is 4.99 Å². The summed E-state index contributed by atoms with van der Waals surface area (Å²) < 4.78 is 42.3. The highest BCUT2D eigenvalue weighted by Gasteiger charge is 2.26. The summed E-state index contributed by atoms with van der Waals surface area (Å²) in [4.78, 5) is 3.91. The number of benzene rings is 2. The van der Waals surface area contributed by atoms with E-state index in [4.69, 9.17) is 4.74 Å². The molecule has 25 heavy (non-hydrogen) atoms. The van der Waals surface area contributed by atoms with Gasteiger partial charge in [0.05, 0.1) is 19.5 Å². The first-order valence-electron chi connectivity index (χ1n) is 8.19. The van der Waals surface area contributed by atoms with Gasteiger partial charge in [-0.05, 0) is 18.4 Å². The normalized spacial score (nSPS) is 12.2. The second-order valence-corrected chi connectivity index (χ2v) is 5.38. The van der Waals surface area contributed by atoms with Crippen molar-refractivity contribution in [1.82, 2.24) is 10.6 Å². The summed E-state index contributed by atoms with van der Waals surface area (Å²) in [6.07, 6.45) is -5.13. The van der Waals surface area contributed by atoms with Crippen LogP contribution in [0, 0.1) is 0 Å². The van der Waals surface area contributed by atoms with Gasteiger partial charge in [0.2, 0.25) is 0 Å². The van der Waals surface area contributed by atoms with Crippen LogP contribution < -0.4 is 15.4 Å². The minimum atomic E-state index is -4.20. The Kier molecular flexibility index (Phi) is 6.91. The van der Waals surface area contributed by atoms with Crippen LogP contribution in [0.5, 0.6) is 5.75 Å². The molecule has 0 atom stereocenters. The standard InChI is InChI=1S/C18H22F3N3O/c1-2-22-17(23-11-10-18(19,20)21)24-12-13-25-16-9-5-7-14-6-3-4-8-15(14)16/h3-9H,2,10-13H2,1H3,(H2,22,23,24). The Morgan fingerprint density at radius 3 is 2.60 bits per heavy atom.